The Hall–Kier alpha value is 1.73. The molecule has 0 bridgehead atoms. The lowest BCUT2D eigenvalue weighted by Gasteiger charge is -1.55. The van der Waals surface area contributed by atoms with Crippen LogP contribution in [0.2, 0.25) is 5.28 Å². The van der Waals surface area contributed by atoms with Crippen LogP contribution in [0.25, 0.3) is 0 Å². The molecule has 0 unspecified atom stereocenters. The van der Waals surface area contributed by atoms with E-state index in [1.165, 1.54) is 21.6 Å². The number of hydrogen-bond acceptors (Lipinski definition) is 0. The monoisotopic (exact) mass is 326 g/mol. The maximum Gasteiger partial charge on any atom is 0.217 e. The van der Waals surface area contributed by atoms with Gasteiger partial charge in [-0.25, -0.2) is 0 Å². The summed E-state index contributed by atoms with van der Waals surface area (Å²) in [5.41, 5.74) is 0. The van der Waals surface area contributed by atoms with Crippen molar-refractivity contribution in [3.63, 3.8) is 0 Å². The van der Waals surface area contributed by atoms with Crippen LogP contribution in [0.3, 0.4) is 0 Å². The molecule has 38 valence electrons. The standard InChI is InChI=1S/C3H5.Al.2HI.2H/c1-3-2;;;;;/h3H,1-2H2;;2*1H;;. The lowest BCUT2D eigenvalue weighted by molar-refractivity contribution is 1.76. The van der Waals surface area contributed by atoms with Gasteiger partial charge in [0.05, 0.1) is 0 Å². The third kappa shape index (κ3) is 17.2. The first-order valence-corrected chi connectivity index (χ1v) is 2.94. The van der Waals surface area contributed by atoms with Gasteiger partial charge in [-0.3, -0.25) is 0 Å². The average molecular weight is 326 g/mol. The molecular formula is C3H9AlI2. The predicted molar refractivity (Wildman–Crippen MR) is 54.4 cm³/mol. The van der Waals surface area contributed by atoms with Crippen molar-refractivity contribution in [2.75, 3.05) is 0 Å². The molecule has 0 fully saturated rings. The number of hydrogen-bond donors (Lipinski definition) is 0. The third-order valence-corrected chi connectivity index (χ3v) is 0.866. The molecule has 0 atom stereocenters. The van der Waals surface area contributed by atoms with Gasteiger partial charge in [-0.15, -0.1) is 60.6 Å². The van der Waals surface area contributed by atoms with Crippen molar-refractivity contribution < 1.29 is 0 Å². The van der Waals surface area contributed by atoms with Crippen LogP contribution in [0.4, 0.5) is 0 Å². The Kier molecular flexibility index (Phi) is 41.4. The molecule has 0 amide bonds. The molecule has 0 aromatic heterocycles. The maximum absolute atomic E-state index is 3.51. The Morgan fingerprint density at radius 1 is 1.50 bits per heavy atom. The predicted octanol–water partition coefficient (Wildman–Crippen LogP) is 1.46. The van der Waals surface area contributed by atoms with E-state index in [0.717, 1.165) is 0 Å². The highest BCUT2D eigenvalue weighted by atomic mass is 127. The van der Waals surface area contributed by atoms with E-state index in [9.17, 15) is 0 Å². The van der Waals surface area contributed by atoms with Crippen LogP contribution >= 0.6 is 48.0 Å². The van der Waals surface area contributed by atoms with Gasteiger partial charge in [-0.05, 0) is 0 Å². The summed E-state index contributed by atoms with van der Waals surface area (Å²) in [4.78, 5) is 0. The first kappa shape index (κ1) is 15.6. The second kappa shape index (κ2) is 15.9. The summed E-state index contributed by atoms with van der Waals surface area (Å²) in [7, 11) is 0. The molecule has 0 N–H and O–H groups in total. The molecule has 0 heterocycles. The molecule has 0 radical (unpaired) electrons. The number of halogens is 2. The van der Waals surface area contributed by atoms with E-state index in [-0.39, 0.29) is 48.0 Å². The van der Waals surface area contributed by atoms with Crippen molar-refractivity contribution in [2.24, 2.45) is 0 Å². The van der Waals surface area contributed by atoms with Crippen molar-refractivity contribution in [2.45, 2.75) is 5.28 Å². The van der Waals surface area contributed by atoms with Crippen LogP contribution in [0.5, 0.6) is 0 Å². The minimum Gasteiger partial charge on any atom is -0.107 e. The van der Waals surface area contributed by atoms with Gasteiger partial charge in [-0.1, -0.05) is 5.28 Å². The molecular weight excluding hydrogens is 317 g/mol. The fraction of sp³-hybridized carbons (Fsp3) is 0.333. The fourth-order valence-corrected chi connectivity index (χ4v) is 0. The van der Waals surface area contributed by atoms with E-state index in [4.69, 9.17) is 0 Å². The topological polar surface area (TPSA) is 0 Å². The quantitative estimate of drug-likeness (QED) is 0.389. The van der Waals surface area contributed by atoms with Crippen LogP contribution in [0, 0.1) is 0 Å². The molecule has 0 aliphatic heterocycles. The van der Waals surface area contributed by atoms with E-state index >= 15 is 0 Å². The normalized spacial score (nSPS) is 4.00. The molecule has 0 saturated heterocycles. The fourth-order valence-electron chi connectivity index (χ4n) is 0. The summed E-state index contributed by atoms with van der Waals surface area (Å²) < 4.78 is 0. The lowest BCUT2D eigenvalue weighted by Crippen LogP contribution is -1.47. The zero-order chi connectivity index (χ0) is 3.41. The minimum absolute atomic E-state index is 0. The number of rotatable bonds is 1. The molecule has 0 aliphatic rings. The van der Waals surface area contributed by atoms with Gasteiger partial charge in [0.2, 0.25) is 16.3 Å². The van der Waals surface area contributed by atoms with Gasteiger partial charge in [0.1, 0.15) is 0 Å². The van der Waals surface area contributed by atoms with Crippen LogP contribution in [0.1, 0.15) is 0 Å². The first-order chi connectivity index (χ1) is 1.91. The largest absolute Gasteiger partial charge is 0.217 e. The van der Waals surface area contributed by atoms with Crippen LogP contribution < -0.4 is 0 Å². The highest BCUT2D eigenvalue weighted by Crippen LogP contribution is 1.61. The van der Waals surface area contributed by atoms with Crippen molar-refractivity contribution in [3.05, 3.63) is 12.7 Å². The molecule has 6 heavy (non-hydrogen) atoms. The zero-order valence-corrected chi connectivity index (χ0v) is 10.5. The number of allylic oxidation sites excluding steroid dienone is 1. The average Bonchev–Trinajstić information content (AvgIpc) is 1.37. The van der Waals surface area contributed by atoms with E-state index in [2.05, 4.69) is 6.58 Å². The first-order valence-electron chi connectivity index (χ1n) is 1.52. The van der Waals surface area contributed by atoms with Crippen molar-refractivity contribution >= 4 is 64.2 Å². The summed E-state index contributed by atoms with van der Waals surface area (Å²) in [6.45, 7) is 3.51. The Balaban J connectivity index is -0.0000000450. The second-order valence-electron chi connectivity index (χ2n) is 0.697. The molecule has 0 aromatic carbocycles. The Morgan fingerprint density at radius 3 is 1.67 bits per heavy atom. The Morgan fingerprint density at radius 2 is 1.67 bits per heavy atom. The van der Waals surface area contributed by atoms with Gasteiger partial charge >= 0.3 is 0 Å². The Labute approximate surface area is 81.2 Å². The summed E-state index contributed by atoms with van der Waals surface area (Å²) in [6.07, 6.45) is 1.94. The Bertz CT molecular complexity index is 22.8. The second-order valence-corrected chi connectivity index (χ2v) is 1.51. The van der Waals surface area contributed by atoms with Crippen LogP contribution in [0.15, 0.2) is 12.7 Å². The molecule has 3 heteroatoms. The van der Waals surface area contributed by atoms with Crippen LogP contribution in [-0.4, -0.2) is 16.3 Å². The van der Waals surface area contributed by atoms with Crippen LogP contribution in [-0.2, 0) is 0 Å². The molecule has 0 aromatic rings. The SMILES string of the molecule is C=C[CH2][AlH2].I.I. The molecule has 0 saturated carbocycles. The third-order valence-electron chi connectivity index (χ3n) is 0.289. The maximum atomic E-state index is 3.51. The van der Waals surface area contributed by atoms with E-state index in [0.29, 0.717) is 0 Å². The van der Waals surface area contributed by atoms with E-state index in [1.54, 1.807) is 0 Å². The summed E-state index contributed by atoms with van der Waals surface area (Å²) in [5, 5.41) is 1.22. The van der Waals surface area contributed by atoms with Gasteiger partial charge in [0.25, 0.3) is 0 Å². The molecule has 0 rings (SSSR count). The molecule has 0 spiro atoms. The summed E-state index contributed by atoms with van der Waals surface area (Å²) in [5.74, 6) is 0. The van der Waals surface area contributed by atoms with Crippen molar-refractivity contribution in [3.8, 4) is 0 Å². The zero-order valence-electron chi connectivity index (χ0n) is 3.81. The van der Waals surface area contributed by atoms with Gasteiger partial charge in [0, 0.05) is 0 Å². The molecule has 0 nitrogen and oxygen atoms in total. The highest BCUT2D eigenvalue weighted by Gasteiger charge is 1.49. The molecule has 0 aliphatic carbocycles. The van der Waals surface area contributed by atoms with Gasteiger partial charge < -0.3 is 0 Å². The van der Waals surface area contributed by atoms with Gasteiger partial charge in [-0.2, -0.15) is 0 Å². The van der Waals surface area contributed by atoms with Gasteiger partial charge in [0.15, 0.2) is 0 Å². The van der Waals surface area contributed by atoms with Crippen molar-refractivity contribution in [1.29, 1.82) is 0 Å². The summed E-state index contributed by atoms with van der Waals surface area (Å²) in [6, 6.07) is 0. The highest BCUT2D eigenvalue weighted by molar-refractivity contribution is 14.0. The van der Waals surface area contributed by atoms with E-state index in [1.807, 2.05) is 6.08 Å². The lowest BCUT2D eigenvalue weighted by atomic mass is 10.8. The van der Waals surface area contributed by atoms with Crippen molar-refractivity contribution in [1.82, 2.24) is 0 Å². The minimum atomic E-state index is 0. The summed E-state index contributed by atoms with van der Waals surface area (Å²) >= 11 is 1.27. The smallest absolute Gasteiger partial charge is 0.107 e. The van der Waals surface area contributed by atoms with E-state index < -0.39 is 0 Å².